The minimum atomic E-state index is -1.15. The average molecular weight is 521 g/mol. The predicted molar refractivity (Wildman–Crippen MR) is 161 cm³/mol. The highest BCUT2D eigenvalue weighted by atomic mass is 32.2. The van der Waals surface area contributed by atoms with Crippen LogP contribution in [0.25, 0.3) is 5.57 Å². The summed E-state index contributed by atoms with van der Waals surface area (Å²) in [5, 5.41) is 0. The zero-order chi connectivity index (χ0) is 26.7. The van der Waals surface area contributed by atoms with E-state index in [1.165, 1.54) is 79.4 Å². The highest BCUT2D eigenvalue weighted by Gasteiger charge is 2.46. The Bertz CT molecular complexity index is 1040. The lowest BCUT2D eigenvalue weighted by Gasteiger charge is -2.51. The minimum absolute atomic E-state index is 0.159. The first kappa shape index (κ1) is 28.5. The Kier molecular flexibility index (Phi) is 8.99. The first-order chi connectivity index (χ1) is 17.6. The van der Waals surface area contributed by atoms with Crippen molar-refractivity contribution in [2.24, 2.45) is 16.7 Å². The highest BCUT2D eigenvalue weighted by Crippen LogP contribution is 2.59. The summed E-state index contributed by atoms with van der Waals surface area (Å²) in [6, 6.07) is 18.1. The molecule has 0 saturated heterocycles. The van der Waals surface area contributed by atoms with Gasteiger partial charge in [-0.25, -0.2) is 4.39 Å². The second kappa shape index (κ2) is 11.7. The van der Waals surface area contributed by atoms with Crippen molar-refractivity contribution >= 4 is 17.3 Å². The summed E-state index contributed by atoms with van der Waals surface area (Å²) in [5.41, 5.74) is 4.97. The number of hydrogen-bond donors (Lipinski definition) is 0. The van der Waals surface area contributed by atoms with Crippen molar-refractivity contribution in [3.63, 3.8) is 0 Å². The molecule has 2 saturated carbocycles. The Morgan fingerprint density at radius 3 is 2.35 bits per heavy atom. The zero-order valence-corrected chi connectivity index (χ0v) is 24.9. The fourth-order valence-corrected chi connectivity index (χ4v) is 8.27. The molecule has 2 aromatic carbocycles. The normalized spacial score (nSPS) is 28.4. The molecule has 202 valence electrons. The summed E-state index contributed by atoms with van der Waals surface area (Å²) in [6.45, 7) is 15.0. The van der Waals surface area contributed by atoms with Crippen LogP contribution in [0.2, 0.25) is 0 Å². The van der Waals surface area contributed by atoms with Crippen molar-refractivity contribution in [3.05, 3.63) is 71.8 Å². The molecule has 2 aliphatic carbocycles. The van der Waals surface area contributed by atoms with E-state index in [2.05, 4.69) is 75.9 Å². The van der Waals surface area contributed by atoms with Crippen LogP contribution in [0, 0.1) is 16.7 Å². The van der Waals surface area contributed by atoms with Gasteiger partial charge in [0.1, 0.15) is 5.67 Å². The van der Waals surface area contributed by atoms with Crippen LogP contribution in [0.5, 0.6) is 0 Å². The van der Waals surface area contributed by atoms with E-state index in [-0.39, 0.29) is 5.41 Å². The third-order valence-electron chi connectivity index (χ3n) is 9.49. The van der Waals surface area contributed by atoms with Gasteiger partial charge in [0.2, 0.25) is 0 Å². The SMILES string of the molecule is C=C(c1ccc(SCC(C)(C)F)c(CC)c1)C1(C)CCC2(CC1)CC(CCC)CC(c1ccccc1)C2. The molecule has 0 bridgehead atoms. The van der Waals surface area contributed by atoms with Crippen LogP contribution in [-0.4, -0.2) is 11.4 Å². The van der Waals surface area contributed by atoms with Crippen molar-refractivity contribution in [2.45, 2.75) is 115 Å². The Morgan fingerprint density at radius 2 is 1.73 bits per heavy atom. The van der Waals surface area contributed by atoms with Crippen molar-refractivity contribution in [2.75, 3.05) is 5.75 Å². The van der Waals surface area contributed by atoms with Crippen LogP contribution in [0.15, 0.2) is 60.0 Å². The number of rotatable bonds is 9. The number of halogens is 1. The summed E-state index contributed by atoms with van der Waals surface area (Å²) in [4.78, 5) is 1.22. The molecule has 4 rings (SSSR count). The zero-order valence-electron chi connectivity index (χ0n) is 24.0. The smallest absolute Gasteiger partial charge is 0.114 e. The second-order valence-electron chi connectivity index (χ2n) is 13.1. The molecule has 0 aromatic heterocycles. The lowest BCUT2D eigenvalue weighted by atomic mass is 9.53. The number of benzene rings is 2. The van der Waals surface area contributed by atoms with Crippen molar-refractivity contribution in [1.29, 1.82) is 0 Å². The molecule has 2 unspecified atom stereocenters. The average Bonchev–Trinajstić information content (AvgIpc) is 2.89. The number of allylic oxidation sites excluding steroid dienone is 1. The topological polar surface area (TPSA) is 0 Å². The van der Waals surface area contributed by atoms with Crippen molar-refractivity contribution in [3.8, 4) is 0 Å². The van der Waals surface area contributed by atoms with E-state index >= 15 is 0 Å². The first-order valence-corrected chi connectivity index (χ1v) is 15.7. The van der Waals surface area contributed by atoms with Gasteiger partial charge in [0.15, 0.2) is 0 Å². The maximum atomic E-state index is 14.1. The molecule has 0 heterocycles. The highest BCUT2D eigenvalue weighted by molar-refractivity contribution is 7.99. The summed E-state index contributed by atoms with van der Waals surface area (Å²) >= 11 is 1.65. The number of alkyl halides is 1. The molecule has 2 fully saturated rings. The Labute approximate surface area is 230 Å². The maximum absolute atomic E-state index is 14.1. The third-order valence-corrected chi connectivity index (χ3v) is 11.0. The summed E-state index contributed by atoms with van der Waals surface area (Å²) < 4.78 is 14.1. The number of thioether (sulfide) groups is 1. The summed E-state index contributed by atoms with van der Waals surface area (Å²) in [7, 11) is 0. The van der Waals surface area contributed by atoms with Crippen LogP contribution in [-0.2, 0) is 6.42 Å². The van der Waals surface area contributed by atoms with Crippen molar-refractivity contribution < 1.29 is 4.39 Å². The van der Waals surface area contributed by atoms with Gasteiger partial charge in [-0.1, -0.05) is 82.7 Å². The van der Waals surface area contributed by atoms with E-state index in [1.54, 1.807) is 31.2 Å². The van der Waals surface area contributed by atoms with Gasteiger partial charge in [0.05, 0.1) is 0 Å². The van der Waals surface area contributed by atoms with Gasteiger partial charge in [0.25, 0.3) is 0 Å². The third kappa shape index (κ3) is 6.92. The van der Waals surface area contributed by atoms with Gasteiger partial charge in [-0.3, -0.25) is 0 Å². The minimum Gasteiger partial charge on any atom is -0.244 e. The Morgan fingerprint density at radius 1 is 1.03 bits per heavy atom. The molecule has 0 amide bonds. The molecular weight excluding hydrogens is 471 g/mol. The fourth-order valence-electron chi connectivity index (χ4n) is 7.22. The van der Waals surface area contributed by atoms with Gasteiger partial charge >= 0.3 is 0 Å². The molecule has 2 heteroatoms. The molecule has 37 heavy (non-hydrogen) atoms. The van der Waals surface area contributed by atoms with E-state index in [1.807, 2.05) is 0 Å². The van der Waals surface area contributed by atoms with E-state index in [9.17, 15) is 4.39 Å². The molecule has 2 aliphatic rings. The largest absolute Gasteiger partial charge is 0.244 e. The maximum Gasteiger partial charge on any atom is 0.114 e. The number of hydrogen-bond acceptors (Lipinski definition) is 1. The van der Waals surface area contributed by atoms with E-state index < -0.39 is 5.67 Å². The van der Waals surface area contributed by atoms with Crippen LogP contribution >= 0.6 is 11.8 Å². The van der Waals surface area contributed by atoms with Gasteiger partial charge < -0.3 is 0 Å². The number of aryl methyl sites for hydroxylation is 1. The summed E-state index contributed by atoms with van der Waals surface area (Å²) in [6.07, 6.45) is 12.9. The Balaban J connectivity index is 1.48. The lowest BCUT2D eigenvalue weighted by molar-refractivity contribution is 0.0407. The van der Waals surface area contributed by atoms with Crippen LogP contribution < -0.4 is 0 Å². The molecule has 2 atom stereocenters. The Hall–Kier alpha value is -1.54. The van der Waals surface area contributed by atoms with Crippen LogP contribution in [0.4, 0.5) is 4.39 Å². The molecule has 0 nitrogen and oxygen atoms in total. The van der Waals surface area contributed by atoms with E-state index in [0.29, 0.717) is 17.1 Å². The fraction of sp³-hybridized carbons (Fsp3) is 0.600. The van der Waals surface area contributed by atoms with Gasteiger partial charge in [-0.15, -0.1) is 11.8 Å². The monoisotopic (exact) mass is 520 g/mol. The summed E-state index contributed by atoms with van der Waals surface area (Å²) in [5.74, 6) is 2.07. The molecule has 0 aliphatic heterocycles. The van der Waals surface area contributed by atoms with Gasteiger partial charge in [-0.2, -0.15) is 0 Å². The quantitative estimate of drug-likeness (QED) is 0.296. The van der Waals surface area contributed by atoms with Gasteiger partial charge in [-0.05, 0) is 116 Å². The first-order valence-electron chi connectivity index (χ1n) is 14.8. The van der Waals surface area contributed by atoms with Crippen LogP contribution in [0.3, 0.4) is 0 Å². The molecule has 1 spiro atoms. The van der Waals surface area contributed by atoms with Gasteiger partial charge in [0, 0.05) is 10.6 Å². The van der Waals surface area contributed by atoms with Crippen molar-refractivity contribution in [1.82, 2.24) is 0 Å². The van der Waals surface area contributed by atoms with Crippen LogP contribution in [0.1, 0.15) is 115 Å². The molecular formula is C35H49FS. The second-order valence-corrected chi connectivity index (χ2v) is 14.1. The predicted octanol–water partition coefficient (Wildman–Crippen LogP) is 11.1. The molecule has 0 radical (unpaired) electrons. The standard InChI is InChI=1S/C35H49FS/c1-7-12-27-21-31(29-13-10-9-11-14-29)24-35(23-27)19-17-34(6,18-20-35)26(3)30-15-16-32(28(8-2)22-30)37-25-33(4,5)36/h9-11,13-16,22,27,31H,3,7-8,12,17-21,23-25H2,1-2,4-6H3. The molecule has 2 aromatic rings. The molecule has 0 N–H and O–H groups in total. The van der Waals surface area contributed by atoms with E-state index in [0.717, 1.165) is 12.3 Å². The van der Waals surface area contributed by atoms with E-state index in [4.69, 9.17) is 0 Å². The lowest BCUT2D eigenvalue weighted by Crippen LogP contribution is -2.39.